The molecule has 0 amide bonds. The zero-order valence-corrected chi connectivity index (χ0v) is 13.8. The molecule has 6 heteroatoms. The van der Waals surface area contributed by atoms with Gasteiger partial charge < -0.3 is 18.9 Å². The zero-order valence-electron chi connectivity index (χ0n) is 12.2. The van der Waals surface area contributed by atoms with E-state index in [4.69, 9.17) is 18.9 Å². The van der Waals surface area contributed by atoms with Gasteiger partial charge in [-0.1, -0.05) is 0 Å². The minimum absolute atomic E-state index is 0.114. The van der Waals surface area contributed by atoms with Crippen molar-refractivity contribution in [2.75, 3.05) is 27.6 Å². The van der Waals surface area contributed by atoms with Crippen LogP contribution in [0.1, 0.15) is 31.4 Å². The van der Waals surface area contributed by atoms with Gasteiger partial charge in [-0.25, -0.2) is 0 Å². The molecule has 3 unspecified atom stereocenters. The predicted molar refractivity (Wildman–Crippen MR) is 81.3 cm³/mol. The maximum atomic E-state index is 5.90. The molecule has 1 aliphatic rings. The fourth-order valence-electron chi connectivity index (χ4n) is 2.07. The number of ether oxygens (including phenoxy) is 4. The smallest absolute Gasteiger partial charge is 0.157 e. The highest BCUT2D eigenvalue weighted by Crippen LogP contribution is 2.46. The second-order valence-corrected chi connectivity index (χ2v) is 7.15. The van der Waals surface area contributed by atoms with E-state index in [9.17, 15) is 0 Å². The number of fused-ring (bicyclic) bond motifs is 1. The first-order valence-corrected chi connectivity index (χ1v) is 8.49. The highest BCUT2D eigenvalue weighted by atomic mass is 32.2. The molecule has 0 aliphatic carbocycles. The number of rotatable bonds is 8. The average Bonchev–Trinajstić information content (AvgIpc) is 2.93. The van der Waals surface area contributed by atoms with Gasteiger partial charge in [0.2, 0.25) is 0 Å². The summed E-state index contributed by atoms with van der Waals surface area (Å²) < 4.78 is 22.9. The van der Waals surface area contributed by atoms with Crippen LogP contribution in [-0.2, 0) is 18.9 Å². The summed E-state index contributed by atoms with van der Waals surface area (Å²) in [6.07, 6.45) is 1.93. The van der Waals surface area contributed by atoms with E-state index in [0.29, 0.717) is 5.25 Å². The first-order valence-electron chi connectivity index (χ1n) is 6.73. The summed E-state index contributed by atoms with van der Waals surface area (Å²) in [5, 5.41) is 2.68. The molecule has 4 nitrogen and oxygen atoms in total. The van der Waals surface area contributed by atoms with Crippen LogP contribution in [0.5, 0.6) is 0 Å². The fraction of sp³-hybridized carbons (Fsp3) is 0.714. The SMILES string of the molecule is COCCC1CC(OCOC(C)OC)c2ccsc2S1. The highest BCUT2D eigenvalue weighted by Gasteiger charge is 2.29. The Kier molecular flexibility index (Phi) is 6.80. The molecule has 0 saturated carbocycles. The summed E-state index contributed by atoms with van der Waals surface area (Å²) in [6.45, 7) is 2.91. The van der Waals surface area contributed by atoms with Crippen LogP contribution in [0.25, 0.3) is 0 Å². The third-order valence-corrected chi connectivity index (χ3v) is 5.81. The monoisotopic (exact) mass is 318 g/mol. The van der Waals surface area contributed by atoms with E-state index in [-0.39, 0.29) is 19.2 Å². The normalized spacial score (nSPS) is 23.6. The van der Waals surface area contributed by atoms with Crippen LogP contribution in [0.3, 0.4) is 0 Å². The Labute approximate surface area is 128 Å². The molecule has 20 heavy (non-hydrogen) atoms. The number of methoxy groups -OCH3 is 2. The van der Waals surface area contributed by atoms with Crippen molar-refractivity contribution >= 4 is 23.1 Å². The summed E-state index contributed by atoms with van der Waals surface area (Å²) in [7, 11) is 3.37. The molecule has 3 atom stereocenters. The molecular weight excluding hydrogens is 296 g/mol. The molecule has 2 rings (SSSR count). The van der Waals surface area contributed by atoms with E-state index in [0.717, 1.165) is 19.4 Å². The van der Waals surface area contributed by atoms with Gasteiger partial charge in [0.05, 0.1) is 10.3 Å². The van der Waals surface area contributed by atoms with Crippen LogP contribution in [-0.4, -0.2) is 39.2 Å². The lowest BCUT2D eigenvalue weighted by Gasteiger charge is -2.29. The first kappa shape index (κ1) is 16.3. The van der Waals surface area contributed by atoms with Crippen LogP contribution in [0, 0.1) is 0 Å². The summed E-state index contributed by atoms with van der Waals surface area (Å²) in [5.74, 6) is 0. The van der Waals surface area contributed by atoms with Crippen LogP contribution in [0.15, 0.2) is 15.7 Å². The van der Waals surface area contributed by atoms with Crippen LogP contribution in [0.2, 0.25) is 0 Å². The minimum Gasteiger partial charge on any atom is -0.385 e. The van der Waals surface area contributed by atoms with Gasteiger partial charge in [-0.3, -0.25) is 0 Å². The number of thiophene rings is 1. The third kappa shape index (κ3) is 4.44. The van der Waals surface area contributed by atoms with Gasteiger partial charge in [-0.2, -0.15) is 0 Å². The van der Waals surface area contributed by atoms with Crippen molar-refractivity contribution in [2.45, 2.75) is 41.6 Å². The standard InChI is InChI=1S/C14H22O4S2/c1-10(16-3)17-9-18-13-8-11(4-6-15-2)20-14-12(13)5-7-19-14/h5,7,10-11,13H,4,6,8-9H2,1-3H3. The maximum Gasteiger partial charge on any atom is 0.157 e. The van der Waals surface area contributed by atoms with E-state index in [1.54, 1.807) is 25.6 Å². The fourth-order valence-corrected chi connectivity index (χ4v) is 4.67. The quantitative estimate of drug-likeness (QED) is 0.684. The minimum atomic E-state index is -0.237. The summed E-state index contributed by atoms with van der Waals surface area (Å²) in [6, 6.07) is 2.16. The predicted octanol–water partition coefficient (Wildman–Crippen LogP) is 3.67. The molecule has 0 saturated heterocycles. The highest BCUT2D eigenvalue weighted by molar-refractivity contribution is 8.01. The van der Waals surface area contributed by atoms with Gasteiger partial charge >= 0.3 is 0 Å². The lowest BCUT2D eigenvalue weighted by atomic mass is 10.1. The Morgan fingerprint density at radius 3 is 3.00 bits per heavy atom. The van der Waals surface area contributed by atoms with Crippen molar-refractivity contribution in [3.05, 3.63) is 17.0 Å². The van der Waals surface area contributed by atoms with E-state index in [2.05, 4.69) is 11.4 Å². The van der Waals surface area contributed by atoms with E-state index >= 15 is 0 Å². The summed E-state index contributed by atoms with van der Waals surface area (Å²) in [5.41, 5.74) is 1.29. The van der Waals surface area contributed by atoms with Gasteiger partial charge in [-0.05, 0) is 31.2 Å². The van der Waals surface area contributed by atoms with Crippen molar-refractivity contribution in [2.24, 2.45) is 0 Å². The van der Waals surface area contributed by atoms with Crippen LogP contribution < -0.4 is 0 Å². The Morgan fingerprint density at radius 1 is 1.40 bits per heavy atom. The van der Waals surface area contributed by atoms with Gasteiger partial charge in [0, 0.05) is 31.6 Å². The van der Waals surface area contributed by atoms with E-state index in [1.807, 2.05) is 18.7 Å². The second-order valence-electron chi connectivity index (χ2n) is 4.66. The Balaban J connectivity index is 1.90. The number of hydrogen-bond donors (Lipinski definition) is 0. The van der Waals surface area contributed by atoms with E-state index in [1.165, 1.54) is 9.77 Å². The number of hydrogen-bond acceptors (Lipinski definition) is 6. The molecule has 1 aliphatic heterocycles. The van der Waals surface area contributed by atoms with Crippen molar-refractivity contribution in [1.82, 2.24) is 0 Å². The summed E-state index contributed by atoms with van der Waals surface area (Å²) >= 11 is 3.73. The van der Waals surface area contributed by atoms with Gasteiger partial charge in [0.1, 0.15) is 0 Å². The van der Waals surface area contributed by atoms with Crippen molar-refractivity contribution in [1.29, 1.82) is 0 Å². The Bertz CT molecular complexity index is 396. The van der Waals surface area contributed by atoms with Gasteiger partial charge in [-0.15, -0.1) is 23.1 Å². The lowest BCUT2D eigenvalue weighted by Crippen LogP contribution is -2.21. The van der Waals surface area contributed by atoms with Crippen molar-refractivity contribution in [3.8, 4) is 0 Å². The van der Waals surface area contributed by atoms with Gasteiger partial charge in [0.25, 0.3) is 0 Å². The lowest BCUT2D eigenvalue weighted by molar-refractivity contribution is -0.190. The van der Waals surface area contributed by atoms with E-state index < -0.39 is 0 Å². The Hall–Kier alpha value is -0.110. The number of thioether (sulfide) groups is 1. The van der Waals surface area contributed by atoms with Crippen molar-refractivity contribution in [3.63, 3.8) is 0 Å². The molecule has 114 valence electrons. The molecule has 0 aromatic carbocycles. The average molecular weight is 318 g/mol. The molecule has 1 aromatic heterocycles. The molecule has 0 radical (unpaired) electrons. The molecule has 0 N–H and O–H groups in total. The third-order valence-electron chi connectivity index (χ3n) is 3.30. The topological polar surface area (TPSA) is 36.9 Å². The van der Waals surface area contributed by atoms with Crippen molar-refractivity contribution < 1.29 is 18.9 Å². The largest absolute Gasteiger partial charge is 0.385 e. The van der Waals surface area contributed by atoms with Crippen LogP contribution in [0.4, 0.5) is 0 Å². The molecule has 0 fully saturated rings. The van der Waals surface area contributed by atoms with Crippen LogP contribution >= 0.6 is 23.1 Å². The first-order chi connectivity index (χ1) is 9.74. The Morgan fingerprint density at radius 2 is 2.25 bits per heavy atom. The maximum absolute atomic E-state index is 5.90. The van der Waals surface area contributed by atoms with Gasteiger partial charge in [0.15, 0.2) is 13.1 Å². The molecule has 2 heterocycles. The summed E-state index contributed by atoms with van der Waals surface area (Å²) in [4.78, 5) is 0. The molecular formula is C14H22O4S2. The zero-order chi connectivity index (χ0) is 14.4. The second kappa shape index (κ2) is 8.36. The molecule has 1 aromatic rings. The molecule has 0 bridgehead atoms. The molecule has 0 spiro atoms.